The van der Waals surface area contributed by atoms with E-state index in [2.05, 4.69) is 30.0 Å². The summed E-state index contributed by atoms with van der Waals surface area (Å²) in [7, 11) is 0. The van der Waals surface area contributed by atoms with Gasteiger partial charge >= 0.3 is 0 Å². The summed E-state index contributed by atoms with van der Waals surface area (Å²) >= 11 is 0. The number of β-amino-alcohol motifs (C(OH)–C–C–N with tert-alkyl or cyclic N) is 1. The molecule has 0 aliphatic carbocycles. The molecule has 0 spiro atoms. The van der Waals surface area contributed by atoms with Crippen LogP contribution in [0.25, 0.3) is 0 Å². The number of aliphatic hydroxyl groups excluding tert-OH is 1. The van der Waals surface area contributed by atoms with Crippen LogP contribution in [0.3, 0.4) is 0 Å². The molecule has 0 radical (unpaired) electrons. The number of ether oxygens (including phenoxy) is 2. The zero-order valence-electron chi connectivity index (χ0n) is 14.8. The molecule has 0 bridgehead atoms. The summed E-state index contributed by atoms with van der Waals surface area (Å²) < 4.78 is 11.6. The summed E-state index contributed by atoms with van der Waals surface area (Å²) in [6.07, 6.45) is -0.410. The smallest absolute Gasteiger partial charge is 0.0954 e. The second-order valence-corrected chi connectivity index (χ2v) is 6.63. The third-order valence-electron chi connectivity index (χ3n) is 4.58. The number of benzene rings is 2. The molecule has 1 N–H and O–H groups in total. The van der Waals surface area contributed by atoms with Crippen molar-refractivity contribution >= 4 is 0 Å². The Bertz CT molecular complexity index is 647. The van der Waals surface area contributed by atoms with Crippen molar-refractivity contribution in [2.75, 3.05) is 32.8 Å². The first kappa shape index (κ1) is 18.1. The molecule has 2 unspecified atom stereocenters. The van der Waals surface area contributed by atoms with Crippen LogP contribution in [0.2, 0.25) is 0 Å². The van der Waals surface area contributed by atoms with Gasteiger partial charge in [0.05, 0.1) is 32.0 Å². The molecule has 0 amide bonds. The first-order valence-corrected chi connectivity index (χ1v) is 8.91. The van der Waals surface area contributed by atoms with Gasteiger partial charge in [0.1, 0.15) is 0 Å². The fourth-order valence-electron chi connectivity index (χ4n) is 3.24. The molecule has 2 aromatic carbocycles. The van der Waals surface area contributed by atoms with Crippen molar-refractivity contribution in [3.63, 3.8) is 0 Å². The van der Waals surface area contributed by atoms with E-state index in [1.165, 1.54) is 11.1 Å². The first-order chi connectivity index (χ1) is 12.2. The van der Waals surface area contributed by atoms with Crippen molar-refractivity contribution in [1.29, 1.82) is 0 Å². The summed E-state index contributed by atoms with van der Waals surface area (Å²) in [6.45, 7) is 5.95. The highest BCUT2D eigenvalue weighted by atomic mass is 16.5. The quantitative estimate of drug-likeness (QED) is 0.841. The van der Waals surface area contributed by atoms with Crippen molar-refractivity contribution in [3.8, 4) is 0 Å². The number of aliphatic hydroxyl groups is 1. The van der Waals surface area contributed by atoms with Crippen molar-refractivity contribution in [2.24, 2.45) is 0 Å². The molecule has 1 aliphatic rings. The highest BCUT2D eigenvalue weighted by Gasteiger charge is 2.24. The Balaban J connectivity index is 1.45. The van der Waals surface area contributed by atoms with E-state index < -0.39 is 6.10 Å². The molecule has 4 heteroatoms. The third-order valence-corrected chi connectivity index (χ3v) is 4.58. The topological polar surface area (TPSA) is 41.9 Å². The third kappa shape index (κ3) is 5.38. The van der Waals surface area contributed by atoms with Crippen LogP contribution in [-0.2, 0) is 16.1 Å². The van der Waals surface area contributed by atoms with E-state index in [-0.39, 0.29) is 6.10 Å². The van der Waals surface area contributed by atoms with Gasteiger partial charge in [0.25, 0.3) is 0 Å². The molecule has 1 heterocycles. The molecule has 25 heavy (non-hydrogen) atoms. The van der Waals surface area contributed by atoms with Crippen LogP contribution in [-0.4, -0.2) is 49.0 Å². The number of hydrogen-bond acceptors (Lipinski definition) is 4. The highest BCUT2D eigenvalue weighted by molar-refractivity contribution is 5.28. The summed E-state index contributed by atoms with van der Waals surface area (Å²) in [5, 5.41) is 10.3. The van der Waals surface area contributed by atoms with Gasteiger partial charge < -0.3 is 14.6 Å². The maximum Gasteiger partial charge on any atom is 0.0954 e. The van der Waals surface area contributed by atoms with Crippen LogP contribution in [0.4, 0.5) is 0 Å². The highest BCUT2D eigenvalue weighted by Crippen LogP contribution is 2.24. The van der Waals surface area contributed by atoms with Crippen LogP contribution in [0, 0.1) is 6.92 Å². The maximum atomic E-state index is 10.3. The number of nitrogens with zero attached hydrogens (tertiary/aromatic N) is 1. The number of morpholine rings is 1. The number of rotatable bonds is 7. The molecule has 0 saturated carbocycles. The van der Waals surface area contributed by atoms with Crippen LogP contribution >= 0.6 is 0 Å². The molecule has 2 aromatic rings. The first-order valence-electron chi connectivity index (χ1n) is 8.91. The standard InChI is InChI=1S/C21H27NO3/c1-17-7-5-6-10-20(17)21-14-22(11-12-25-21)13-19(23)16-24-15-18-8-3-2-4-9-18/h2-10,19,21,23H,11-16H2,1H3. The van der Waals surface area contributed by atoms with Gasteiger partial charge in [-0.15, -0.1) is 0 Å². The second-order valence-electron chi connectivity index (χ2n) is 6.63. The summed E-state index contributed by atoms with van der Waals surface area (Å²) in [6, 6.07) is 18.4. The lowest BCUT2D eigenvalue weighted by Crippen LogP contribution is -2.43. The minimum atomic E-state index is -0.487. The van der Waals surface area contributed by atoms with Gasteiger partial charge in [-0.25, -0.2) is 0 Å². The van der Waals surface area contributed by atoms with E-state index in [0.29, 0.717) is 26.4 Å². The Hall–Kier alpha value is -1.72. The number of hydrogen-bond donors (Lipinski definition) is 1. The molecule has 2 atom stereocenters. The van der Waals surface area contributed by atoms with Gasteiger partial charge in [0.2, 0.25) is 0 Å². The molecular weight excluding hydrogens is 314 g/mol. The predicted molar refractivity (Wildman–Crippen MR) is 98.4 cm³/mol. The Morgan fingerprint density at radius 3 is 2.72 bits per heavy atom. The average molecular weight is 341 g/mol. The summed E-state index contributed by atoms with van der Waals surface area (Å²) in [4.78, 5) is 2.26. The molecule has 134 valence electrons. The normalized spacial score (nSPS) is 19.7. The van der Waals surface area contributed by atoms with Gasteiger partial charge in [0.15, 0.2) is 0 Å². The van der Waals surface area contributed by atoms with Gasteiger partial charge in [-0.2, -0.15) is 0 Å². The van der Waals surface area contributed by atoms with E-state index >= 15 is 0 Å². The van der Waals surface area contributed by atoms with Crippen molar-refractivity contribution in [1.82, 2.24) is 4.90 Å². The van der Waals surface area contributed by atoms with E-state index in [1.807, 2.05) is 36.4 Å². The Labute approximate surface area is 150 Å². The van der Waals surface area contributed by atoms with Gasteiger partial charge in [-0.05, 0) is 23.6 Å². The molecule has 0 aromatic heterocycles. The fourth-order valence-corrected chi connectivity index (χ4v) is 3.24. The predicted octanol–water partition coefficient (Wildman–Crippen LogP) is 2.95. The van der Waals surface area contributed by atoms with E-state index in [1.54, 1.807) is 0 Å². The molecule has 1 saturated heterocycles. The minimum absolute atomic E-state index is 0.0763. The summed E-state index contributed by atoms with van der Waals surface area (Å²) in [5.74, 6) is 0. The van der Waals surface area contributed by atoms with Crippen LogP contribution < -0.4 is 0 Å². The van der Waals surface area contributed by atoms with Gasteiger partial charge in [-0.1, -0.05) is 54.6 Å². The molecule has 1 fully saturated rings. The zero-order chi connectivity index (χ0) is 17.5. The maximum absolute atomic E-state index is 10.3. The fraction of sp³-hybridized carbons (Fsp3) is 0.429. The van der Waals surface area contributed by atoms with Crippen LogP contribution in [0.15, 0.2) is 54.6 Å². The van der Waals surface area contributed by atoms with Crippen LogP contribution in [0.1, 0.15) is 22.8 Å². The Kier molecular flexibility index (Phi) is 6.59. The lowest BCUT2D eigenvalue weighted by molar-refractivity contribution is -0.0538. The van der Waals surface area contributed by atoms with E-state index in [0.717, 1.165) is 18.7 Å². The lowest BCUT2D eigenvalue weighted by atomic mass is 10.0. The van der Waals surface area contributed by atoms with Gasteiger partial charge in [0, 0.05) is 19.6 Å². The molecule has 3 rings (SSSR count). The Morgan fingerprint density at radius 2 is 1.92 bits per heavy atom. The molecule has 4 nitrogen and oxygen atoms in total. The SMILES string of the molecule is Cc1ccccc1C1CN(CC(O)COCc2ccccc2)CCO1. The van der Waals surface area contributed by atoms with Crippen LogP contribution in [0.5, 0.6) is 0 Å². The largest absolute Gasteiger partial charge is 0.389 e. The molecular formula is C21H27NO3. The van der Waals surface area contributed by atoms with E-state index in [4.69, 9.17) is 9.47 Å². The Morgan fingerprint density at radius 1 is 1.16 bits per heavy atom. The number of aryl methyl sites for hydroxylation is 1. The second kappa shape index (κ2) is 9.11. The van der Waals surface area contributed by atoms with Crippen molar-refractivity contribution in [2.45, 2.75) is 25.7 Å². The van der Waals surface area contributed by atoms with E-state index in [9.17, 15) is 5.11 Å². The average Bonchev–Trinajstić information content (AvgIpc) is 2.63. The monoisotopic (exact) mass is 341 g/mol. The van der Waals surface area contributed by atoms with Crippen molar-refractivity contribution in [3.05, 3.63) is 71.3 Å². The van der Waals surface area contributed by atoms with Crippen molar-refractivity contribution < 1.29 is 14.6 Å². The zero-order valence-corrected chi connectivity index (χ0v) is 14.8. The summed E-state index contributed by atoms with van der Waals surface area (Å²) in [5.41, 5.74) is 3.61. The minimum Gasteiger partial charge on any atom is -0.389 e. The van der Waals surface area contributed by atoms with Gasteiger partial charge in [-0.3, -0.25) is 4.90 Å². The lowest BCUT2D eigenvalue weighted by Gasteiger charge is -2.34. The molecule has 1 aliphatic heterocycles.